The van der Waals surface area contributed by atoms with E-state index in [1.54, 1.807) is 17.4 Å². The molecule has 0 aliphatic rings. The molecule has 82 valence electrons. The van der Waals surface area contributed by atoms with E-state index in [2.05, 4.69) is 0 Å². The highest BCUT2D eigenvalue weighted by Crippen LogP contribution is 2.31. The van der Waals surface area contributed by atoms with Gasteiger partial charge < -0.3 is 10.2 Å². The number of aromatic hydroxyl groups is 1. The van der Waals surface area contributed by atoms with Gasteiger partial charge in [-0.3, -0.25) is 0 Å². The van der Waals surface area contributed by atoms with Gasteiger partial charge in [0.2, 0.25) is 0 Å². The van der Waals surface area contributed by atoms with E-state index in [9.17, 15) is 9.90 Å². The summed E-state index contributed by atoms with van der Waals surface area (Å²) in [6.07, 6.45) is 0. The Hall–Kier alpha value is -1.81. The maximum Gasteiger partial charge on any atom is 0.339 e. The minimum Gasteiger partial charge on any atom is -0.507 e. The quantitative estimate of drug-likeness (QED) is 0.839. The van der Waals surface area contributed by atoms with Crippen molar-refractivity contribution >= 4 is 17.3 Å². The summed E-state index contributed by atoms with van der Waals surface area (Å²) in [6.45, 7) is 1.97. The summed E-state index contributed by atoms with van der Waals surface area (Å²) in [6, 6.07) is 6.61. The van der Waals surface area contributed by atoms with Crippen molar-refractivity contribution in [2.45, 2.75) is 6.92 Å². The van der Waals surface area contributed by atoms with Gasteiger partial charge in [0.25, 0.3) is 0 Å². The van der Waals surface area contributed by atoms with Crippen LogP contribution in [0.15, 0.2) is 29.6 Å². The molecule has 4 heteroatoms. The molecule has 16 heavy (non-hydrogen) atoms. The Morgan fingerprint density at radius 2 is 2.06 bits per heavy atom. The van der Waals surface area contributed by atoms with Gasteiger partial charge >= 0.3 is 5.97 Å². The van der Waals surface area contributed by atoms with E-state index in [4.69, 9.17) is 5.11 Å². The molecule has 2 N–H and O–H groups in total. The minimum absolute atomic E-state index is 0.0645. The first kappa shape index (κ1) is 10.7. The Kier molecular flexibility index (Phi) is 2.66. The molecule has 0 spiro atoms. The lowest BCUT2D eigenvalue weighted by molar-refractivity contribution is 0.0694. The zero-order chi connectivity index (χ0) is 11.7. The number of aryl methyl sites for hydroxylation is 1. The van der Waals surface area contributed by atoms with Crippen molar-refractivity contribution in [2.75, 3.05) is 0 Å². The van der Waals surface area contributed by atoms with E-state index >= 15 is 0 Å². The third-order valence-corrected chi connectivity index (χ3v) is 3.42. The van der Waals surface area contributed by atoms with Gasteiger partial charge in [-0.2, -0.15) is 0 Å². The molecule has 0 atom stereocenters. The van der Waals surface area contributed by atoms with E-state index in [1.165, 1.54) is 12.1 Å². The summed E-state index contributed by atoms with van der Waals surface area (Å²) in [7, 11) is 0. The zero-order valence-corrected chi connectivity index (χ0v) is 9.41. The molecule has 3 nitrogen and oxygen atoms in total. The van der Waals surface area contributed by atoms with Gasteiger partial charge in [-0.15, -0.1) is 11.3 Å². The molecule has 0 aliphatic carbocycles. The molecule has 0 fully saturated rings. The molecule has 0 amide bonds. The second-order valence-corrected chi connectivity index (χ2v) is 4.39. The van der Waals surface area contributed by atoms with Crippen LogP contribution in [0, 0.1) is 6.92 Å². The molecule has 0 saturated heterocycles. The van der Waals surface area contributed by atoms with Crippen molar-refractivity contribution in [3.63, 3.8) is 0 Å². The second kappa shape index (κ2) is 3.98. The van der Waals surface area contributed by atoms with E-state index < -0.39 is 5.97 Å². The third kappa shape index (κ3) is 1.79. The SMILES string of the molecule is Cc1ccsc1-c1ccc(O)c(C(=O)O)c1. The minimum atomic E-state index is -1.12. The fourth-order valence-electron chi connectivity index (χ4n) is 1.52. The highest BCUT2D eigenvalue weighted by Gasteiger charge is 2.12. The number of carboxylic acids is 1. The maximum atomic E-state index is 10.9. The first-order valence-corrected chi connectivity index (χ1v) is 5.58. The van der Waals surface area contributed by atoms with Crippen LogP contribution in [0.4, 0.5) is 0 Å². The fraction of sp³-hybridized carbons (Fsp3) is 0.0833. The summed E-state index contributed by atoms with van der Waals surface area (Å²) < 4.78 is 0. The Morgan fingerprint density at radius 3 is 2.62 bits per heavy atom. The van der Waals surface area contributed by atoms with Crippen LogP contribution < -0.4 is 0 Å². The summed E-state index contributed by atoms with van der Waals surface area (Å²) >= 11 is 1.55. The number of hydrogen-bond acceptors (Lipinski definition) is 3. The lowest BCUT2D eigenvalue weighted by atomic mass is 10.1. The monoisotopic (exact) mass is 234 g/mol. The van der Waals surface area contributed by atoms with Gasteiger partial charge in [-0.1, -0.05) is 0 Å². The molecule has 0 saturated carbocycles. The van der Waals surface area contributed by atoms with Gasteiger partial charge in [0.15, 0.2) is 0 Å². The molecular weight excluding hydrogens is 224 g/mol. The van der Waals surface area contributed by atoms with E-state index in [0.29, 0.717) is 0 Å². The van der Waals surface area contributed by atoms with Crippen LogP contribution in [0.25, 0.3) is 10.4 Å². The van der Waals surface area contributed by atoms with Crippen molar-refractivity contribution in [1.29, 1.82) is 0 Å². The summed E-state index contributed by atoms with van der Waals surface area (Å²) in [4.78, 5) is 11.9. The highest BCUT2D eigenvalue weighted by atomic mass is 32.1. The van der Waals surface area contributed by atoms with E-state index in [1.807, 2.05) is 18.4 Å². The van der Waals surface area contributed by atoms with Gasteiger partial charge in [0.05, 0.1) is 0 Å². The number of phenols is 1. The predicted molar refractivity (Wildman–Crippen MR) is 63.1 cm³/mol. The number of rotatable bonds is 2. The number of benzene rings is 1. The fourth-order valence-corrected chi connectivity index (χ4v) is 2.44. The number of hydrogen-bond donors (Lipinski definition) is 2. The normalized spacial score (nSPS) is 10.3. The first-order valence-electron chi connectivity index (χ1n) is 4.70. The topological polar surface area (TPSA) is 57.5 Å². The average Bonchev–Trinajstić information content (AvgIpc) is 2.65. The van der Waals surface area contributed by atoms with Crippen LogP contribution >= 0.6 is 11.3 Å². The Morgan fingerprint density at radius 1 is 1.31 bits per heavy atom. The molecule has 1 aromatic carbocycles. The largest absolute Gasteiger partial charge is 0.507 e. The smallest absolute Gasteiger partial charge is 0.339 e. The van der Waals surface area contributed by atoms with Crippen molar-refractivity contribution in [3.8, 4) is 16.2 Å². The lowest BCUT2D eigenvalue weighted by Crippen LogP contribution is -1.96. The van der Waals surface area contributed by atoms with Crippen LogP contribution in [-0.4, -0.2) is 16.2 Å². The molecule has 0 radical (unpaired) electrons. The third-order valence-electron chi connectivity index (χ3n) is 2.35. The lowest BCUT2D eigenvalue weighted by Gasteiger charge is -2.04. The van der Waals surface area contributed by atoms with Crippen molar-refractivity contribution in [2.24, 2.45) is 0 Å². The van der Waals surface area contributed by atoms with Crippen molar-refractivity contribution < 1.29 is 15.0 Å². The molecule has 1 heterocycles. The zero-order valence-electron chi connectivity index (χ0n) is 8.60. The Labute approximate surface area is 96.6 Å². The van der Waals surface area contributed by atoms with E-state index in [-0.39, 0.29) is 11.3 Å². The van der Waals surface area contributed by atoms with E-state index in [0.717, 1.165) is 16.0 Å². The molecule has 1 aromatic heterocycles. The van der Waals surface area contributed by atoms with Gasteiger partial charge in [0.1, 0.15) is 11.3 Å². The van der Waals surface area contributed by atoms with Gasteiger partial charge in [0, 0.05) is 4.88 Å². The van der Waals surface area contributed by atoms with Crippen LogP contribution in [-0.2, 0) is 0 Å². The molecule has 0 aliphatic heterocycles. The standard InChI is InChI=1S/C12H10O3S/c1-7-4-5-16-11(7)8-2-3-10(13)9(6-8)12(14)15/h2-6,13H,1H3,(H,14,15). The first-order chi connectivity index (χ1) is 7.59. The predicted octanol–water partition coefficient (Wildman–Crippen LogP) is 3.13. The van der Waals surface area contributed by atoms with Crippen LogP contribution in [0.5, 0.6) is 5.75 Å². The van der Waals surface area contributed by atoms with Crippen molar-refractivity contribution in [3.05, 3.63) is 40.8 Å². The molecule has 0 bridgehead atoms. The second-order valence-electron chi connectivity index (χ2n) is 3.47. The highest BCUT2D eigenvalue weighted by molar-refractivity contribution is 7.13. The van der Waals surface area contributed by atoms with Crippen LogP contribution in [0.3, 0.4) is 0 Å². The molecule has 0 unspecified atom stereocenters. The molecular formula is C12H10O3S. The Balaban J connectivity index is 2.56. The summed E-state index contributed by atoms with van der Waals surface area (Å²) in [5.74, 6) is -1.32. The molecule has 2 rings (SSSR count). The summed E-state index contributed by atoms with van der Waals surface area (Å²) in [5, 5.41) is 20.3. The molecule has 2 aromatic rings. The number of carboxylic acid groups (broad SMARTS) is 1. The summed E-state index contributed by atoms with van der Waals surface area (Å²) in [5.41, 5.74) is 1.86. The average molecular weight is 234 g/mol. The number of aromatic carboxylic acids is 1. The maximum absolute atomic E-state index is 10.9. The van der Waals surface area contributed by atoms with Crippen molar-refractivity contribution in [1.82, 2.24) is 0 Å². The number of carbonyl (C=O) groups is 1. The van der Waals surface area contributed by atoms with Crippen LogP contribution in [0.1, 0.15) is 15.9 Å². The van der Waals surface area contributed by atoms with Crippen LogP contribution in [0.2, 0.25) is 0 Å². The van der Waals surface area contributed by atoms with Gasteiger partial charge in [-0.05, 0) is 47.7 Å². The Bertz CT molecular complexity index is 543. The van der Waals surface area contributed by atoms with Gasteiger partial charge in [-0.25, -0.2) is 4.79 Å². The number of thiophene rings is 1.